The lowest BCUT2D eigenvalue weighted by molar-refractivity contribution is -0.247. The topological polar surface area (TPSA) is 46.5 Å². The molecule has 0 saturated heterocycles. The summed E-state index contributed by atoms with van der Waals surface area (Å²) in [6.07, 6.45) is -2.42. The smallest absolute Gasteiger partial charge is 0.452 e. The molecule has 3 nitrogen and oxygen atoms in total. The molecule has 1 N–H and O–H groups in total. The van der Waals surface area contributed by atoms with Crippen LogP contribution in [0.15, 0.2) is 0 Å². The summed E-state index contributed by atoms with van der Waals surface area (Å²) in [5, 5.41) is 10.4. The fraction of sp³-hybridized carbons (Fsp3) is 0.917. The fourth-order valence-electron chi connectivity index (χ4n) is 4.34. The molecule has 18 heavy (non-hydrogen) atoms. The van der Waals surface area contributed by atoms with Gasteiger partial charge < -0.3 is 9.84 Å². The molecule has 0 amide bonds. The van der Waals surface area contributed by atoms with Gasteiger partial charge in [0.1, 0.15) is 11.7 Å². The predicted octanol–water partition coefficient (Wildman–Crippen LogP) is 2.03. The Labute approximate surface area is 102 Å². The van der Waals surface area contributed by atoms with Gasteiger partial charge in [-0.2, -0.15) is 13.2 Å². The Morgan fingerprint density at radius 3 is 2.17 bits per heavy atom. The zero-order valence-electron chi connectivity index (χ0n) is 9.74. The Balaban J connectivity index is 1.78. The number of esters is 1. The third-order valence-corrected chi connectivity index (χ3v) is 4.65. The van der Waals surface area contributed by atoms with E-state index in [1.165, 1.54) is 0 Å². The van der Waals surface area contributed by atoms with Crippen LogP contribution in [0.4, 0.5) is 13.2 Å². The van der Waals surface area contributed by atoms with Gasteiger partial charge in [0.25, 0.3) is 0 Å². The fourth-order valence-corrected chi connectivity index (χ4v) is 4.34. The van der Waals surface area contributed by atoms with Crippen molar-refractivity contribution in [2.75, 3.05) is 0 Å². The van der Waals surface area contributed by atoms with Gasteiger partial charge in [-0.25, -0.2) is 4.79 Å². The van der Waals surface area contributed by atoms with Crippen molar-refractivity contribution in [2.45, 2.75) is 50.0 Å². The maximum absolute atomic E-state index is 12.2. The monoisotopic (exact) mass is 264 g/mol. The molecule has 102 valence electrons. The molecule has 0 aliphatic heterocycles. The zero-order chi connectivity index (χ0) is 13.1. The molecule has 4 fully saturated rings. The zero-order valence-corrected chi connectivity index (χ0v) is 9.74. The number of carbonyl (C=O) groups is 1. The molecule has 4 aliphatic carbocycles. The summed E-state index contributed by atoms with van der Waals surface area (Å²) < 4.78 is 41.3. The van der Waals surface area contributed by atoms with Gasteiger partial charge in [-0.05, 0) is 49.9 Å². The molecule has 0 spiro atoms. The Morgan fingerprint density at radius 2 is 1.72 bits per heavy atom. The summed E-state index contributed by atoms with van der Waals surface area (Å²) in [5.41, 5.74) is -1.23. The van der Waals surface area contributed by atoms with E-state index in [1.54, 1.807) is 0 Å². The van der Waals surface area contributed by atoms with Crippen molar-refractivity contribution in [3.63, 3.8) is 0 Å². The Hall–Kier alpha value is -0.780. The quantitative estimate of drug-likeness (QED) is 0.737. The van der Waals surface area contributed by atoms with Gasteiger partial charge in [-0.3, -0.25) is 0 Å². The number of rotatable bonds is 1. The molecule has 0 aromatic carbocycles. The highest BCUT2D eigenvalue weighted by Gasteiger charge is 2.59. The van der Waals surface area contributed by atoms with Crippen LogP contribution < -0.4 is 0 Å². The van der Waals surface area contributed by atoms with Crippen LogP contribution in [-0.4, -0.2) is 29.0 Å². The van der Waals surface area contributed by atoms with Gasteiger partial charge in [0, 0.05) is 0 Å². The van der Waals surface area contributed by atoms with E-state index in [0.717, 1.165) is 19.3 Å². The van der Waals surface area contributed by atoms with Gasteiger partial charge >= 0.3 is 12.1 Å². The summed E-state index contributed by atoms with van der Waals surface area (Å²) in [7, 11) is 0. The summed E-state index contributed by atoms with van der Waals surface area (Å²) >= 11 is 0. The van der Waals surface area contributed by atoms with Crippen LogP contribution in [0, 0.1) is 17.8 Å². The van der Waals surface area contributed by atoms with Crippen LogP contribution in [-0.2, 0) is 9.53 Å². The van der Waals surface area contributed by atoms with Gasteiger partial charge in [-0.15, -0.1) is 0 Å². The second kappa shape index (κ2) is 3.62. The van der Waals surface area contributed by atoms with E-state index in [2.05, 4.69) is 4.74 Å². The average Bonchev–Trinajstić information content (AvgIpc) is 2.20. The highest BCUT2D eigenvalue weighted by molar-refractivity contribution is 5.75. The van der Waals surface area contributed by atoms with Crippen LogP contribution in [0.25, 0.3) is 0 Å². The van der Waals surface area contributed by atoms with Crippen LogP contribution in [0.3, 0.4) is 0 Å². The molecule has 4 aliphatic rings. The van der Waals surface area contributed by atoms with Crippen molar-refractivity contribution < 1.29 is 27.8 Å². The lowest BCUT2D eigenvalue weighted by Gasteiger charge is -2.57. The Morgan fingerprint density at radius 1 is 1.17 bits per heavy atom. The maximum atomic E-state index is 12.2. The highest BCUT2D eigenvalue weighted by atomic mass is 19.4. The van der Waals surface area contributed by atoms with Crippen molar-refractivity contribution in [2.24, 2.45) is 17.8 Å². The number of halogens is 3. The lowest BCUT2D eigenvalue weighted by atomic mass is 9.53. The molecule has 3 atom stereocenters. The minimum absolute atomic E-state index is 0.104. The first-order chi connectivity index (χ1) is 8.28. The third kappa shape index (κ3) is 1.81. The number of hydrogen-bond donors (Lipinski definition) is 1. The van der Waals surface area contributed by atoms with Crippen LogP contribution in [0.5, 0.6) is 0 Å². The summed E-state index contributed by atoms with van der Waals surface area (Å²) in [4.78, 5) is 10.9. The van der Waals surface area contributed by atoms with E-state index in [0.29, 0.717) is 24.7 Å². The molecule has 0 heterocycles. The molecule has 0 aromatic rings. The van der Waals surface area contributed by atoms with Crippen molar-refractivity contribution >= 4 is 5.97 Å². The number of hydrogen-bond acceptors (Lipinski definition) is 3. The van der Waals surface area contributed by atoms with Gasteiger partial charge in [0.05, 0.1) is 0 Å². The molecular formula is C12H15F3O3. The van der Waals surface area contributed by atoms with Crippen molar-refractivity contribution in [3.05, 3.63) is 0 Å². The molecule has 0 aromatic heterocycles. The number of aliphatic hydroxyl groups is 1. The normalized spacial score (nSPS) is 46.2. The first-order valence-electron chi connectivity index (χ1n) is 6.28. The largest absolute Gasteiger partial charge is 0.490 e. The SMILES string of the molecule is O=C(OC1C2CC3CC(C2)CC1(O)C3)C(F)(F)F. The first-order valence-corrected chi connectivity index (χ1v) is 6.28. The highest BCUT2D eigenvalue weighted by Crippen LogP contribution is 2.56. The van der Waals surface area contributed by atoms with Crippen molar-refractivity contribution in [1.29, 1.82) is 0 Å². The molecule has 4 bridgehead atoms. The van der Waals surface area contributed by atoms with Crippen molar-refractivity contribution in [3.8, 4) is 0 Å². The second-order valence-corrected chi connectivity index (χ2v) is 6.03. The van der Waals surface area contributed by atoms with E-state index >= 15 is 0 Å². The van der Waals surface area contributed by atoms with E-state index in [1.807, 2.05) is 0 Å². The van der Waals surface area contributed by atoms with E-state index < -0.39 is 23.9 Å². The summed E-state index contributed by atoms with van der Waals surface area (Å²) in [6, 6.07) is 0. The second-order valence-electron chi connectivity index (χ2n) is 6.03. The van der Waals surface area contributed by atoms with Gasteiger partial charge in [0.2, 0.25) is 0 Å². The molecule has 3 unspecified atom stereocenters. The molecular weight excluding hydrogens is 249 g/mol. The van der Waals surface area contributed by atoms with E-state index in [-0.39, 0.29) is 5.92 Å². The number of alkyl halides is 3. The van der Waals surface area contributed by atoms with Gasteiger partial charge in [-0.1, -0.05) is 0 Å². The molecule has 0 radical (unpaired) electrons. The minimum Gasteiger partial charge on any atom is -0.452 e. The predicted molar refractivity (Wildman–Crippen MR) is 54.4 cm³/mol. The standard InChI is InChI=1S/C12H15F3O3/c13-12(14,15)10(16)18-9-8-2-6-1-7(3-8)5-11(9,17)4-6/h6-9,17H,1-5H2. The lowest BCUT2D eigenvalue weighted by Crippen LogP contribution is -2.62. The summed E-state index contributed by atoms with van der Waals surface area (Å²) in [5.74, 6) is -1.51. The first kappa shape index (κ1) is 12.3. The number of ether oxygens (including phenoxy) is 1. The summed E-state index contributed by atoms with van der Waals surface area (Å²) in [6.45, 7) is 0. The Kier molecular flexibility index (Phi) is 2.47. The van der Waals surface area contributed by atoms with E-state index in [4.69, 9.17) is 0 Å². The van der Waals surface area contributed by atoms with Crippen molar-refractivity contribution in [1.82, 2.24) is 0 Å². The number of carbonyl (C=O) groups excluding carboxylic acids is 1. The van der Waals surface area contributed by atoms with E-state index in [9.17, 15) is 23.1 Å². The molecule has 6 heteroatoms. The van der Waals surface area contributed by atoms with Gasteiger partial charge in [0.15, 0.2) is 0 Å². The average molecular weight is 264 g/mol. The minimum atomic E-state index is -4.98. The molecule has 4 saturated carbocycles. The van der Waals surface area contributed by atoms with Crippen LogP contribution in [0.2, 0.25) is 0 Å². The third-order valence-electron chi connectivity index (χ3n) is 4.65. The van der Waals surface area contributed by atoms with Crippen LogP contribution >= 0.6 is 0 Å². The molecule has 4 rings (SSSR count). The Bertz CT molecular complexity index is 365. The maximum Gasteiger partial charge on any atom is 0.490 e. The van der Waals surface area contributed by atoms with Crippen LogP contribution in [0.1, 0.15) is 32.1 Å².